The van der Waals surface area contributed by atoms with Crippen molar-refractivity contribution in [2.24, 2.45) is 5.92 Å². The Kier molecular flexibility index (Phi) is 5.28. The highest BCUT2D eigenvalue weighted by Gasteiger charge is 2.19. The first-order valence-electron chi connectivity index (χ1n) is 8.20. The molecule has 3 rings (SSSR count). The largest absolute Gasteiger partial charge is 0.494 e. The quantitative estimate of drug-likeness (QED) is 0.727. The first-order valence-corrected chi connectivity index (χ1v) is 8.20. The van der Waals surface area contributed by atoms with Crippen LogP contribution >= 0.6 is 0 Å². The van der Waals surface area contributed by atoms with Crippen LogP contribution in [0, 0.1) is 5.92 Å². The number of carbonyl (C=O) groups excluding carboxylic acids is 1. The van der Waals surface area contributed by atoms with Gasteiger partial charge in [0.1, 0.15) is 11.6 Å². The number of ether oxygens (including phenoxy) is 1. The molecule has 1 fully saturated rings. The van der Waals surface area contributed by atoms with Crippen LogP contribution in [0.25, 0.3) is 0 Å². The summed E-state index contributed by atoms with van der Waals surface area (Å²) >= 11 is 0. The molecule has 2 aromatic rings. The van der Waals surface area contributed by atoms with Crippen LogP contribution in [0.3, 0.4) is 0 Å². The Bertz CT molecular complexity index is 684. The molecule has 0 saturated carbocycles. The van der Waals surface area contributed by atoms with Crippen LogP contribution in [0.4, 0.5) is 11.5 Å². The minimum absolute atomic E-state index is 0.108. The number of rotatable bonds is 7. The lowest BCUT2D eigenvalue weighted by molar-refractivity contribution is 0.0943. The summed E-state index contributed by atoms with van der Waals surface area (Å²) in [6.45, 7) is 5.19. The van der Waals surface area contributed by atoms with Gasteiger partial charge in [0, 0.05) is 37.4 Å². The van der Waals surface area contributed by atoms with Gasteiger partial charge in [-0.15, -0.1) is 0 Å². The van der Waals surface area contributed by atoms with E-state index in [4.69, 9.17) is 4.74 Å². The molecule has 1 amide bonds. The number of hydrogen-bond acceptors (Lipinski definition) is 5. The van der Waals surface area contributed by atoms with E-state index in [0.717, 1.165) is 24.5 Å². The van der Waals surface area contributed by atoms with Gasteiger partial charge in [0.15, 0.2) is 0 Å². The predicted octanol–water partition coefficient (Wildman–Crippen LogP) is 2.17. The standard InChI is InChI=1S/C18H22N4O2/c1-2-24-15-7-5-14(6-8-15)22-17-16(4-3-9-20-17)18(23)21-12-13-10-19-11-13/h3-9,13,19H,2,10-12H2,1H3,(H,20,22)(H,21,23). The molecule has 6 nitrogen and oxygen atoms in total. The summed E-state index contributed by atoms with van der Waals surface area (Å²) in [6, 6.07) is 11.1. The van der Waals surface area contributed by atoms with Gasteiger partial charge in [0.25, 0.3) is 5.91 Å². The van der Waals surface area contributed by atoms with E-state index in [1.165, 1.54) is 0 Å². The van der Waals surface area contributed by atoms with Crippen molar-refractivity contribution in [1.29, 1.82) is 0 Å². The van der Waals surface area contributed by atoms with Gasteiger partial charge in [0.2, 0.25) is 0 Å². The fourth-order valence-electron chi connectivity index (χ4n) is 2.45. The number of benzene rings is 1. The second-order valence-electron chi connectivity index (χ2n) is 5.72. The molecule has 0 spiro atoms. The van der Waals surface area contributed by atoms with E-state index in [1.54, 1.807) is 18.3 Å². The maximum absolute atomic E-state index is 12.4. The van der Waals surface area contributed by atoms with Crippen molar-refractivity contribution in [3.63, 3.8) is 0 Å². The van der Waals surface area contributed by atoms with Gasteiger partial charge in [-0.2, -0.15) is 0 Å². The van der Waals surface area contributed by atoms with Crippen molar-refractivity contribution in [2.45, 2.75) is 6.92 Å². The van der Waals surface area contributed by atoms with Crippen LogP contribution < -0.4 is 20.7 Å². The summed E-state index contributed by atoms with van der Waals surface area (Å²) in [6.07, 6.45) is 1.67. The average Bonchev–Trinajstić information content (AvgIpc) is 2.56. The van der Waals surface area contributed by atoms with E-state index in [2.05, 4.69) is 20.9 Å². The highest BCUT2D eigenvalue weighted by molar-refractivity contribution is 5.99. The molecule has 1 aromatic heterocycles. The Morgan fingerprint density at radius 2 is 2.08 bits per heavy atom. The Balaban J connectivity index is 1.67. The van der Waals surface area contributed by atoms with Crippen LogP contribution in [-0.2, 0) is 0 Å². The Hall–Kier alpha value is -2.60. The van der Waals surface area contributed by atoms with Gasteiger partial charge in [-0.3, -0.25) is 4.79 Å². The van der Waals surface area contributed by atoms with Crippen molar-refractivity contribution in [2.75, 3.05) is 31.6 Å². The topological polar surface area (TPSA) is 75.3 Å². The summed E-state index contributed by atoms with van der Waals surface area (Å²) in [5.41, 5.74) is 1.40. The molecule has 24 heavy (non-hydrogen) atoms. The van der Waals surface area contributed by atoms with Crippen molar-refractivity contribution >= 4 is 17.4 Å². The lowest BCUT2D eigenvalue weighted by atomic mass is 10.0. The van der Waals surface area contributed by atoms with Crippen LogP contribution in [0.1, 0.15) is 17.3 Å². The average molecular weight is 326 g/mol. The molecule has 1 aliphatic rings. The minimum Gasteiger partial charge on any atom is -0.494 e. The molecule has 0 radical (unpaired) electrons. The molecule has 6 heteroatoms. The summed E-state index contributed by atoms with van der Waals surface area (Å²) in [7, 11) is 0. The molecule has 126 valence electrons. The Labute approximate surface area is 141 Å². The van der Waals surface area contributed by atoms with E-state index in [0.29, 0.717) is 30.5 Å². The number of hydrogen-bond donors (Lipinski definition) is 3. The van der Waals surface area contributed by atoms with Gasteiger partial charge in [-0.25, -0.2) is 4.98 Å². The van der Waals surface area contributed by atoms with Gasteiger partial charge in [-0.1, -0.05) is 0 Å². The molecule has 1 aromatic carbocycles. The monoisotopic (exact) mass is 326 g/mol. The zero-order chi connectivity index (χ0) is 16.8. The third-order valence-electron chi connectivity index (χ3n) is 3.90. The van der Waals surface area contributed by atoms with Gasteiger partial charge < -0.3 is 20.7 Å². The van der Waals surface area contributed by atoms with E-state index in [1.807, 2.05) is 31.2 Å². The SMILES string of the molecule is CCOc1ccc(Nc2ncccc2C(=O)NCC2CNC2)cc1. The van der Waals surface area contributed by atoms with Crippen molar-refractivity contribution in [3.05, 3.63) is 48.2 Å². The van der Waals surface area contributed by atoms with E-state index < -0.39 is 0 Å². The number of pyridine rings is 1. The Morgan fingerprint density at radius 3 is 2.75 bits per heavy atom. The Morgan fingerprint density at radius 1 is 1.29 bits per heavy atom. The highest BCUT2D eigenvalue weighted by atomic mass is 16.5. The molecule has 0 bridgehead atoms. The van der Waals surface area contributed by atoms with Gasteiger partial charge in [-0.05, 0) is 43.3 Å². The van der Waals surface area contributed by atoms with Crippen LogP contribution in [0.2, 0.25) is 0 Å². The second kappa shape index (κ2) is 7.79. The zero-order valence-electron chi connectivity index (χ0n) is 13.7. The van der Waals surface area contributed by atoms with Gasteiger partial charge >= 0.3 is 0 Å². The molecular formula is C18H22N4O2. The zero-order valence-corrected chi connectivity index (χ0v) is 13.7. The molecule has 0 atom stereocenters. The minimum atomic E-state index is -0.108. The molecule has 0 aliphatic carbocycles. The summed E-state index contributed by atoms with van der Waals surface area (Å²) in [5, 5.41) is 9.37. The number of nitrogens with zero attached hydrogens (tertiary/aromatic N) is 1. The molecule has 1 saturated heterocycles. The number of carbonyl (C=O) groups is 1. The van der Waals surface area contributed by atoms with Crippen molar-refractivity contribution in [3.8, 4) is 5.75 Å². The van der Waals surface area contributed by atoms with E-state index in [-0.39, 0.29) is 5.91 Å². The number of amides is 1. The summed E-state index contributed by atoms with van der Waals surface area (Å²) in [5.74, 6) is 1.78. The lowest BCUT2D eigenvalue weighted by Crippen LogP contribution is -2.48. The summed E-state index contributed by atoms with van der Waals surface area (Å²) in [4.78, 5) is 16.7. The smallest absolute Gasteiger partial charge is 0.255 e. The highest BCUT2D eigenvalue weighted by Crippen LogP contribution is 2.21. The molecule has 1 aliphatic heterocycles. The summed E-state index contributed by atoms with van der Waals surface area (Å²) < 4.78 is 5.43. The maximum atomic E-state index is 12.4. The predicted molar refractivity (Wildman–Crippen MR) is 93.8 cm³/mol. The number of anilines is 2. The fraction of sp³-hybridized carbons (Fsp3) is 0.333. The van der Waals surface area contributed by atoms with Crippen molar-refractivity contribution < 1.29 is 9.53 Å². The fourth-order valence-corrected chi connectivity index (χ4v) is 2.45. The van der Waals surface area contributed by atoms with Gasteiger partial charge in [0.05, 0.1) is 12.2 Å². The third-order valence-corrected chi connectivity index (χ3v) is 3.90. The van der Waals surface area contributed by atoms with E-state index >= 15 is 0 Å². The molecular weight excluding hydrogens is 304 g/mol. The first-order chi connectivity index (χ1) is 11.8. The number of aromatic nitrogens is 1. The number of nitrogens with one attached hydrogen (secondary N) is 3. The lowest BCUT2D eigenvalue weighted by Gasteiger charge is -2.27. The van der Waals surface area contributed by atoms with Crippen LogP contribution in [0.15, 0.2) is 42.6 Å². The van der Waals surface area contributed by atoms with Crippen LogP contribution in [0.5, 0.6) is 5.75 Å². The molecule has 0 unspecified atom stereocenters. The first kappa shape index (κ1) is 16.3. The maximum Gasteiger partial charge on any atom is 0.255 e. The normalized spacial score (nSPS) is 13.9. The second-order valence-corrected chi connectivity index (χ2v) is 5.72. The molecule has 2 heterocycles. The third kappa shape index (κ3) is 4.02. The van der Waals surface area contributed by atoms with Crippen molar-refractivity contribution in [1.82, 2.24) is 15.6 Å². The van der Waals surface area contributed by atoms with E-state index in [9.17, 15) is 4.79 Å². The van der Waals surface area contributed by atoms with Crippen LogP contribution in [-0.4, -0.2) is 37.1 Å². The molecule has 3 N–H and O–H groups in total.